The number of thiophene rings is 1. The minimum atomic E-state index is -3.54. The van der Waals surface area contributed by atoms with Gasteiger partial charge in [0.05, 0.1) is 12.5 Å². The maximum absolute atomic E-state index is 12.5. The summed E-state index contributed by atoms with van der Waals surface area (Å²) in [4.78, 5) is 23.8. The summed E-state index contributed by atoms with van der Waals surface area (Å²) in [5.74, 6) is -0.927. The first-order valence-electron chi connectivity index (χ1n) is 8.03. The van der Waals surface area contributed by atoms with Crippen LogP contribution in [0.2, 0.25) is 0 Å². The third kappa shape index (κ3) is 4.78. The third-order valence-corrected chi connectivity index (χ3v) is 7.08. The topological polar surface area (TPSA) is 95.6 Å². The Labute approximate surface area is 146 Å². The lowest BCUT2D eigenvalue weighted by atomic mass is 9.99. The molecule has 1 aliphatic heterocycles. The van der Waals surface area contributed by atoms with Crippen LogP contribution in [0.25, 0.3) is 0 Å². The third-order valence-electron chi connectivity index (χ3n) is 3.84. The monoisotopic (exact) mass is 373 g/mol. The summed E-state index contributed by atoms with van der Waals surface area (Å²) < 4.78 is 26.7. The number of sulfonamides is 1. The Morgan fingerprint density at radius 3 is 2.83 bits per heavy atom. The Hall–Kier alpha value is -1.45. The fraction of sp³-hybridized carbons (Fsp3) is 0.600. The van der Waals surface area contributed by atoms with Crippen LogP contribution in [0.5, 0.6) is 0 Å². The van der Waals surface area contributed by atoms with Gasteiger partial charge in [-0.15, -0.1) is 11.3 Å². The quantitative estimate of drug-likeness (QED) is 0.739. The number of hydrogen-bond donors (Lipinski definition) is 2. The second-order valence-electron chi connectivity index (χ2n) is 5.70. The van der Waals surface area contributed by atoms with Gasteiger partial charge in [0, 0.05) is 19.6 Å². The van der Waals surface area contributed by atoms with E-state index in [0.717, 1.165) is 6.42 Å². The van der Waals surface area contributed by atoms with Crippen molar-refractivity contribution in [3.05, 3.63) is 17.5 Å². The standard InChI is InChI=1S/C15H23N3O4S2/c1-2-7-16-13(19)10-17-15(20)12-5-3-8-18(11-12)24(21,22)14-6-4-9-23-14/h4,6,9,12H,2-3,5,7-8,10-11H2,1H3,(H,16,19)(H,17,20)/t12-/m1/s1. The summed E-state index contributed by atoms with van der Waals surface area (Å²) in [7, 11) is -3.54. The molecule has 24 heavy (non-hydrogen) atoms. The van der Waals surface area contributed by atoms with Gasteiger partial charge in [-0.05, 0) is 30.7 Å². The number of piperidine rings is 1. The van der Waals surface area contributed by atoms with E-state index in [9.17, 15) is 18.0 Å². The van der Waals surface area contributed by atoms with Crippen molar-refractivity contribution in [1.29, 1.82) is 0 Å². The van der Waals surface area contributed by atoms with Crippen LogP contribution in [0.4, 0.5) is 0 Å². The van der Waals surface area contributed by atoms with Crippen LogP contribution in [0, 0.1) is 5.92 Å². The molecule has 1 aromatic rings. The van der Waals surface area contributed by atoms with Crippen LogP contribution in [-0.2, 0) is 19.6 Å². The molecule has 1 aromatic heterocycles. The van der Waals surface area contributed by atoms with Gasteiger partial charge in [-0.25, -0.2) is 8.42 Å². The van der Waals surface area contributed by atoms with Crippen LogP contribution >= 0.6 is 11.3 Å². The van der Waals surface area contributed by atoms with E-state index in [1.54, 1.807) is 17.5 Å². The zero-order valence-corrected chi connectivity index (χ0v) is 15.3. The molecule has 2 heterocycles. The molecule has 1 atom stereocenters. The molecule has 0 spiro atoms. The van der Waals surface area contributed by atoms with Gasteiger partial charge in [0.25, 0.3) is 10.0 Å². The van der Waals surface area contributed by atoms with Crippen molar-refractivity contribution in [2.45, 2.75) is 30.4 Å². The minimum absolute atomic E-state index is 0.0764. The fourth-order valence-corrected chi connectivity index (χ4v) is 5.22. The molecule has 1 saturated heterocycles. The summed E-state index contributed by atoms with van der Waals surface area (Å²) in [5, 5.41) is 7.00. The van der Waals surface area contributed by atoms with Crippen LogP contribution in [0.1, 0.15) is 26.2 Å². The average Bonchev–Trinajstić information content (AvgIpc) is 3.13. The first-order chi connectivity index (χ1) is 11.4. The summed E-state index contributed by atoms with van der Waals surface area (Å²) in [6, 6.07) is 3.27. The van der Waals surface area contributed by atoms with E-state index in [1.807, 2.05) is 6.92 Å². The SMILES string of the molecule is CCCNC(=O)CNC(=O)[C@@H]1CCCN(S(=O)(=O)c2cccs2)C1. The van der Waals surface area contributed by atoms with Gasteiger partial charge in [0.2, 0.25) is 11.8 Å². The number of carbonyl (C=O) groups is 2. The Bertz CT molecular complexity index is 658. The Morgan fingerprint density at radius 1 is 1.38 bits per heavy atom. The smallest absolute Gasteiger partial charge is 0.252 e. The van der Waals surface area contributed by atoms with Gasteiger partial charge in [-0.2, -0.15) is 4.31 Å². The second-order valence-corrected chi connectivity index (χ2v) is 8.81. The highest BCUT2D eigenvalue weighted by atomic mass is 32.2. The predicted molar refractivity (Wildman–Crippen MR) is 92.1 cm³/mol. The molecule has 7 nitrogen and oxygen atoms in total. The van der Waals surface area contributed by atoms with Gasteiger partial charge in [-0.1, -0.05) is 13.0 Å². The normalized spacial score (nSPS) is 19.0. The van der Waals surface area contributed by atoms with Gasteiger partial charge >= 0.3 is 0 Å². The molecule has 0 aliphatic carbocycles. The molecule has 0 aromatic carbocycles. The number of rotatable bonds is 7. The number of amides is 2. The van der Waals surface area contributed by atoms with Crippen LogP contribution in [-0.4, -0.2) is 50.7 Å². The molecule has 134 valence electrons. The predicted octanol–water partition coefficient (Wildman–Crippen LogP) is 0.791. The van der Waals surface area contributed by atoms with Crippen LogP contribution in [0.3, 0.4) is 0 Å². The molecular weight excluding hydrogens is 350 g/mol. The van der Waals surface area contributed by atoms with E-state index in [1.165, 1.54) is 15.6 Å². The largest absolute Gasteiger partial charge is 0.355 e. The van der Waals surface area contributed by atoms with Crippen molar-refractivity contribution in [3.8, 4) is 0 Å². The zero-order chi connectivity index (χ0) is 17.6. The maximum Gasteiger partial charge on any atom is 0.252 e. The lowest BCUT2D eigenvalue weighted by Gasteiger charge is -2.30. The first-order valence-corrected chi connectivity index (χ1v) is 10.3. The molecule has 2 amide bonds. The molecule has 0 radical (unpaired) electrons. The van der Waals surface area contributed by atoms with Gasteiger partial charge in [-0.3, -0.25) is 9.59 Å². The van der Waals surface area contributed by atoms with Crippen molar-refractivity contribution in [2.75, 3.05) is 26.2 Å². The lowest BCUT2D eigenvalue weighted by Crippen LogP contribution is -2.47. The van der Waals surface area contributed by atoms with Crippen LogP contribution < -0.4 is 10.6 Å². The Balaban J connectivity index is 1.91. The van der Waals surface area contributed by atoms with Crippen LogP contribution in [0.15, 0.2) is 21.7 Å². The van der Waals surface area contributed by atoms with Crippen molar-refractivity contribution >= 4 is 33.2 Å². The Morgan fingerprint density at radius 2 is 2.17 bits per heavy atom. The molecule has 0 saturated carbocycles. The molecule has 2 N–H and O–H groups in total. The van der Waals surface area contributed by atoms with Gasteiger partial charge in [0.15, 0.2) is 0 Å². The van der Waals surface area contributed by atoms with Gasteiger partial charge in [0.1, 0.15) is 4.21 Å². The van der Waals surface area contributed by atoms with E-state index >= 15 is 0 Å². The molecule has 2 rings (SSSR count). The lowest BCUT2D eigenvalue weighted by molar-refractivity contribution is -0.129. The summed E-state index contributed by atoms with van der Waals surface area (Å²) >= 11 is 1.17. The molecule has 9 heteroatoms. The highest BCUT2D eigenvalue weighted by Gasteiger charge is 2.33. The van der Waals surface area contributed by atoms with E-state index in [4.69, 9.17) is 0 Å². The highest BCUT2D eigenvalue weighted by Crippen LogP contribution is 2.26. The molecule has 1 fully saturated rings. The average molecular weight is 374 g/mol. The summed E-state index contributed by atoms with van der Waals surface area (Å²) in [6.45, 7) is 3.02. The number of carbonyl (C=O) groups excluding carboxylic acids is 2. The Kier molecular flexibility index (Phi) is 6.76. The van der Waals surface area contributed by atoms with E-state index < -0.39 is 15.9 Å². The second kappa shape index (κ2) is 8.59. The highest BCUT2D eigenvalue weighted by molar-refractivity contribution is 7.91. The van der Waals surface area contributed by atoms with Crippen molar-refractivity contribution in [1.82, 2.24) is 14.9 Å². The molecule has 0 unspecified atom stereocenters. The number of nitrogens with zero attached hydrogens (tertiary/aromatic N) is 1. The molecule has 0 bridgehead atoms. The van der Waals surface area contributed by atoms with Crippen molar-refractivity contribution < 1.29 is 18.0 Å². The van der Waals surface area contributed by atoms with E-state index in [-0.39, 0.29) is 24.9 Å². The molecule has 1 aliphatic rings. The fourth-order valence-electron chi connectivity index (χ4n) is 2.55. The van der Waals surface area contributed by atoms with Crippen molar-refractivity contribution in [2.24, 2.45) is 5.92 Å². The number of nitrogens with one attached hydrogen (secondary N) is 2. The maximum atomic E-state index is 12.5. The minimum Gasteiger partial charge on any atom is -0.355 e. The van der Waals surface area contributed by atoms with Crippen molar-refractivity contribution in [3.63, 3.8) is 0 Å². The number of hydrogen-bond acceptors (Lipinski definition) is 5. The van der Waals surface area contributed by atoms with Gasteiger partial charge < -0.3 is 10.6 Å². The summed E-state index contributed by atoms with van der Waals surface area (Å²) in [5.41, 5.74) is 0. The zero-order valence-electron chi connectivity index (χ0n) is 13.7. The van der Waals surface area contributed by atoms with E-state index in [0.29, 0.717) is 30.1 Å². The summed E-state index contributed by atoms with van der Waals surface area (Å²) in [6.07, 6.45) is 2.08. The first kappa shape index (κ1) is 18.9. The van der Waals surface area contributed by atoms with E-state index in [2.05, 4.69) is 10.6 Å². The molecular formula is C15H23N3O4S2.